The first kappa shape index (κ1) is 23.7. The van der Waals surface area contributed by atoms with Gasteiger partial charge in [0.2, 0.25) is 12.3 Å². The molecule has 31 heavy (non-hydrogen) atoms. The molecule has 2 amide bonds. The fourth-order valence-electron chi connectivity index (χ4n) is 2.53. The molecule has 0 aliphatic carbocycles. The van der Waals surface area contributed by atoms with Crippen molar-refractivity contribution in [1.29, 1.82) is 0 Å². The Balaban J connectivity index is 2.11. The van der Waals surface area contributed by atoms with Crippen LogP contribution in [0.25, 0.3) is 5.83 Å². The number of carbonyl (C=O) groups is 2. The van der Waals surface area contributed by atoms with Gasteiger partial charge in [-0.2, -0.15) is 13.9 Å². The summed E-state index contributed by atoms with van der Waals surface area (Å²) in [6.45, 7) is 1.79. The Morgan fingerprint density at radius 3 is 2.45 bits per heavy atom. The zero-order chi connectivity index (χ0) is 23.0. The number of ether oxygens (including phenoxy) is 1. The first-order chi connectivity index (χ1) is 14.7. The molecule has 1 N–H and O–H groups in total. The second-order valence-corrected chi connectivity index (χ2v) is 6.49. The van der Waals surface area contributed by atoms with Gasteiger partial charge in [-0.25, -0.2) is 9.40 Å². The third kappa shape index (κ3) is 6.70. The Morgan fingerprint density at radius 1 is 1.19 bits per heavy atom. The second kappa shape index (κ2) is 11.0. The lowest BCUT2D eigenvalue weighted by Crippen LogP contribution is -2.28. The summed E-state index contributed by atoms with van der Waals surface area (Å²) in [4.78, 5) is 24.0. The van der Waals surface area contributed by atoms with Crippen LogP contribution in [0.3, 0.4) is 0 Å². The highest BCUT2D eigenvalue weighted by molar-refractivity contribution is 6.08. The number of anilines is 2. The Labute approximate surface area is 178 Å². The highest BCUT2D eigenvalue weighted by Crippen LogP contribution is 2.22. The number of alkyl halides is 2. The average molecular weight is 433 g/mol. The highest BCUT2D eigenvalue weighted by atomic mass is 19.3. The molecule has 0 aliphatic rings. The molecule has 164 valence electrons. The Morgan fingerprint density at radius 2 is 1.87 bits per heavy atom. The van der Waals surface area contributed by atoms with Gasteiger partial charge in [-0.1, -0.05) is 18.2 Å². The third-order valence-electron chi connectivity index (χ3n) is 4.37. The monoisotopic (exact) mass is 433 g/mol. The average Bonchev–Trinajstić information content (AvgIpc) is 2.76. The van der Waals surface area contributed by atoms with Gasteiger partial charge >= 0.3 is 6.61 Å². The van der Waals surface area contributed by atoms with Gasteiger partial charge in [-0.15, -0.1) is 0 Å². The Kier molecular flexibility index (Phi) is 8.36. The number of benzene rings is 2. The number of amides is 2. The largest absolute Gasteiger partial charge is 0.435 e. The van der Waals surface area contributed by atoms with Crippen LogP contribution in [0, 0.1) is 5.92 Å². The molecule has 2 aromatic carbocycles. The SMILES string of the molecule is C/C=C(/F)c1cccc(NC(=O)C(C)/C(C)=N\N(C=O)c2ccc(OC(F)F)cc2)c1. The maximum Gasteiger partial charge on any atom is 0.387 e. The Bertz CT molecular complexity index is 975. The summed E-state index contributed by atoms with van der Waals surface area (Å²) in [6.07, 6.45) is 1.75. The molecule has 2 rings (SSSR count). The molecule has 0 saturated heterocycles. The second-order valence-electron chi connectivity index (χ2n) is 6.49. The zero-order valence-corrected chi connectivity index (χ0v) is 17.2. The number of hydrazone groups is 1. The molecule has 1 atom stereocenters. The van der Waals surface area contributed by atoms with E-state index in [1.165, 1.54) is 36.4 Å². The molecule has 2 aromatic rings. The van der Waals surface area contributed by atoms with Gasteiger partial charge in [-0.05, 0) is 57.2 Å². The van der Waals surface area contributed by atoms with Crippen LogP contribution in [-0.4, -0.2) is 24.6 Å². The van der Waals surface area contributed by atoms with E-state index in [-0.39, 0.29) is 5.75 Å². The molecule has 0 aromatic heterocycles. The van der Waals surface area contributed by atoms with Crippen molar-refractivity contribution in [3.05, 3.63) is 60.2 Å². The summed E-state index contributed by atoms with van der Waals surface area (Å²) in [7, 11) is 0. The van der Waals surface area contributed by atoms with Crippen molar-refractivity contribution < 1.29 is 27.5 Å². The van der Waals surface area contributed by atoms with Gasteiger partial charge in [0, 0.05) is 17.0 Å². The van der Waals surface area contributed by atoms with E-state index in [1.54, 1.807) is 39.0 Å². The summed E-state index contributed by atoms with van der Waals surface area (Å²) >= 11 is 0. The van der Waals surface area contributed by atoms with Crippen molar-refractivity contribution in [2.24, 2.45) is 11.0 Å². The van der Waals surface area contributed by atoms with Crippen molar-refractivity contribution in [2.45, 2.75) is 27.4 Å². The zero-order valence-electron chi connectivity index (χ0n) is 17.2. The first-order valence-electron chi connectivity index (χ1n) is 9.32. The third-order valence-corrected chi connectivity index (χ3v) is 4.37. The van der Waals surface area contributed by atoms with Gasteiger partial charge in [-0.3, -0.25) is 9.59 Å². The predicted octanol–water partition coefficient (Wildman–Crippen LogP) is 5.23. The predicted molar refractivity (Wildman–Crippen MR) is 114 cm³/mol. The van der Waals surface area contributed by atoms with Crippen LogP contribution in [-0.2, 0) is 9.59 Å². The number of hydrogen-bond acceptors (Lipinski definition) is 4. The van der Waals surface area contributed by atoms with Crippen LogP contribution in [0.15, 0.2) is 59.7 Å². The molecule has 6 nitrogen and oxygen atoms in total. The molecule has 9 heteroatoms. The van der Waals surface area contributed by atoms with Crippen LogP contribution in [0.1, 0.15) is 26.3 Å². The van der Waals surface area contributed by atoms with Crippen LogP contribution in [0.2, 0.25) is 0 Å². The van der Waals surface area contributed by atoms with Gasteiger partial charge in [0.25, 0.3) is 0 Å². The summed E-state index contributed by atoms with van der Waals surface area (Å²) in [5.41, 5.74) is 1.39. The van der Waals surface area contributed by atoms with Crippen LogP contribution in [0.5, 0.6) is 5.75 Å². The first-order valence-corrected chi connectivity index (χ1v) is 9.32. The molecule has 0 saturated carbocycles. The van der Waals surface area contributed by atoms with Gasteiger partial charge < -0.3 is 10.1 Å². The van der Waals surface area contributed by atoms with E-state index in [0.717, 1.165) is 5.01 Å². The fourth-order valence-corrected chi connectivity index (χ4v) is 2.53. The van der Waals surface area contributed by atoms with E-state index in [0.29, 0.717) is 29.1 Å². The van der Waals surface area contributed by atoms with E-state index in [4.69, 9.17) is 0 Å². The topological polar surface area (TPSA) is 71.0 Å². The fraction of sp³-hybridized carbons (Fsp3) is 0.227. The molecule has 0 radical (unpaired) electrons. The molecular weight excluding hydrogens is 411 g/mol. The minimum Gasteiger partial charge on any atom is -0.435 e. The van der Waals surface area contributed by atoms with Crippen molar-refractivity contribution in [3.63, 3.8) is 0 Å². The maximum atomic E-state index is 13.7. The van der Waals surface area contributed by atoms with Crippen molar-refractivity contribution >= 4 is 35.2 Å². The number of rotatable bonds is 9. The van der Waals surface area contributed by atoms with Crippen LogP contribution >= 0.6 is 0 Å². The Hall–Kier alpha value is -3.62. The lowest BCUT2D eigenvalue weighted by atomic mass is 10.1. The molecule has 0 aliphatic heterocycles. The van der Waals surface area contributed by atoms with Crippen molar-refractivity contribution in [3.8, 4) is 5.75 Å². The summed E-state index contributed by atoms with van der Waals surface area (Å²) in [5, 5.41) is 7.81. The summed E-state index contributed by atoms with van der Waals surface area (Å²) < 4.78 is 42.5. The standard InChI is InChI=1S/C22H22F3N3O3/c1-4-20(23)16-6-5-7-17(12-16)26-21(30)14(2)15(3)27-28(13-29)18-8-10-19(11-9-18)31-22(24)25/h4-14,22H,1-3H3,(H,26,30)/b20-4+,27-15-. The van der Waals surface area contributed by atoms with E-state index < -0.39 is 24.3 Å². The number of allylic oxidation sites excluding steroid dienone is 1. The van der Waals surface area contributed by atoms with E-state index in [9.17, 15) is 22.8 Å². The molecule has 0 heterocycles. The highest BCUT2D eigenvalue weighted by Gasteiger charge is 2.18. The molecule has 0 bridgehead atoms. The number of hydrogen-bond donors (Lipinski definition) is 1. The van der Waals surface area contributed by atoms with Gasteiger partial charge in [0.15, 0.2) is 0 Å². The minimum absolute atomic E-state index is 0.0605. The maximum absolute atomic E-state index is 13.7. The quantitative estimate of drug-likeness (QED) is 0.334. The number of carbonyl (C=O) groups excluding carboxylic acids is 2. The van der Waals surface area contributed by atoms with Gasteiger partial charge in [0.05, 0.1) is 11.6 Å². The van der Waals surface area contributed by atoms with Crippen molar-refractivity contribution in [1.82, 2.24) is 0 Å². The van der Waals surface area contributed by atoms with E-state index in [1.807, 2.05) is 0 Å². The minimum atomic E-state index is -2.96. The summed E-state index contributed by atoms with van der Waals surface area (Å²) in [5.74, 6) is -1.58. The smallest absolute Gasteiger partial charge is 0.387 e. The van der Waals surface area contributed by atoms with Crippen molar-refractivity contribution in [2.75, 3.05) is 10.3 Å². The molecule has 0 spiro atoms. The lowest BCUT2D eigenvalue weighted by molar-refractivity contribution is -0.117. The molecular formula is C22H22F3N3O3. The number of nitrogens with one attached hydrogen (secondary N) is 1. The molecule has 0 fully saturated rings. The normalized spacial score (nSPS) is 13.0. The molecule has 1 unspecified atom stereocenters. The van der Waals surface area contributed by atoms with Gasteiger partial charge in [0.1, 0.15) is 11.6 Å². The van der Waals surface area contributed by atoms with Crippen LogP contribution < -0.4 is 15.1 Å². The van der Waals surface area contributed by atoms with E-state index in [2.05, 4.69) is 15.2 Å². The van der Waals surface area contributed by atoms with E-state index >= 15 is 0 Å². The number of halogens is 3. The lowest BCUT2D eigenvalue weighted by Gasteiger charge is -2.17. The number of nitrogens with zero attached hydrogens (tertiary/aromatic N) is 2. The van der Waals surface area contributed by atoms with Crippen LogP contribution in [0.4, 0.5) is 24.5 Å². The summed E-state index contributed by atoms with van der Waals surface area (Å²) in [6, 6.07) is 11.7.